The van der Waals surface area contributed by atoms with Crippen LogP contribution in [0.5, 0.6) is 5.75 Å². The molecule has 0 aliphatic heterocycles. The quantitative estimate of drug-likeness (QED) is 0.771. The molecule has 2 atom stereocenters. The average Bonchev–Trinajstić information content (AvgIpc) is 2.42. The van der Waals surface area contributed by atoms with Gasteiger partial charge in [0.05, 0.1) is 0 Å². The Bertz CT molecular complexity index is 492. The lowest BCUT2D eigenvalue weighted by Crippen LogP contribution is -2.38. The van der Waals surface area contributed by atoms with Crippen LogP contribution in [0.2, 0.25) is 0 Å². The summed E-state index contributed by atoms with van der Waals surface area (Å²) in [5, 5.41) is 11.3. The molecule has 1 aromatic carbocycles. The summed E-state index contributed by atoms with van der Waals surface area (Å²) >= 11 is 0. The smallest absolute Gasteiger partial charge is 0.303 e. The van der Waals surface area contributed by atoms with Crippen LogP contribution in [0.4, 0.5) is 4.39 Å². The van der Waals surface area contributed by atoms with Crippen LogP contribution in [0.1, 0.15) is 26.7 Å². The molecule has 116 valence electrons. The second-order valence-corrected chi connectivity index (χ2v) is 5.00. The number of nitrogens with one attached hydrogen (secondary N) is 1. The van der Waals surface area contributed by atoms with Gasteiger partial charge in [0.15, 0.2) is 6.10 Å². The van der Waals surface area contributed by atoms with Crippen molar-refractivity contribution >= 4 is 11.9 Å². The van der Waals surface area contributed by atoms with E-state index in [1.807, 2.05) is 6.92 Å². The number of carboxylic acid groups (broad SMARTS) is 1. The molecule has 0 aromatic heterocycles. The highest BCUT2D eigenvalue weighted by Gasteiger charge is 2.15. The Balaban J connectivity index is 2.35. The van der Waals surface area contributed by atoms with E-state index in [2.05, 4.69) is 5.32 Å². The van der Waals surface area contributed by atoms with Gasteiger partial charge in [-0.25, -0.2) is 4.39 Å². The number of hydrogen-bond acceptors (Lipinski definition) is 3. The van der Waals surface area contributed by atoms with Crippen molar-refractivity contribution in [3.8, 4) is 5.75 Å². The SMILES string of the molecule is CC(CCC(=O)O)CNC(=O)C(C)Oc1cccc(F)c1. The zero-order chi connectivity index (χ0) is 15.8. The Kier molecular flexibility index (Phi) is 6.65. The number of aliphatic carboxylic acids is 1. The van der Waals surface area contributed by atoms with Crippen molar-refractivity contribution in [1.29, 1.82) is 0 Å². The summed E-state index contributed by atoms with van der Waals surface area (Å²) in [6.07, 6.45) is -0.181. The number of carboxylic acids is 1. The van der Waals surface area contributed by atoms with Crippen molar-refractivity contribution in [2.75, 3.05) is 6.54 Å². The Morgan fingerprint density at radius 1 is 1.38 bits per heavy atom. The number of halogens is 1. The fourth-order valence-corrected chi connectivity index (χ4v) is 1.69. The monoisotopic (exact) mass is 297 g/mol. The van der Waals surface area contributed by atoms with Crippen LogP contribution in [-0.2, 0) is 9.59 Å². The van der Waals surface area contributed by atoms with E-state index in [0.717, 1.165) is 0 Å². The molecule has 21 heavy (non-hydrogen) atoms. The van der Waals surface area contributed by atoms with Gasteiger partial charge in [-0.1, -0.05) is 13.0 Å². The van der Waals surface area contributed by atoms with Crippen molar-refractivity contribution < 1.29 is 23.8 Å². The van der Waals surface area contributed by atoms with Crippen LogP contribution in [0, 0.1) is 11.7 Å². The fraction of sp³-hybridized carbons (Fsp3) is 0.467. The van der Waals surface area contributed by atoms with E-state index in [4.69, 9.17) is 9.84 Å². The molecule has 0 saturated carbocycles. The maximum absolute atomic E-state index is 13.0. The third-order valence-corrected chi connectivity index (χ3v) is 2.95. The van der Waals surface area contributed by atoms with Crippen LogP contribution >= 0.6 is 0 Å². The van der Waals surface area contributed by atoms with Gasteiger partial charge in [-0.3, -0.25) is 9.59 Å². The Morgan fingerprint density at radius 3 is 2.71 bits per heavy atom. The summed E-state index contributed by atoms with van der Waals surface area (Å²) < 4.78 is 18.3. The van der Waals surface area contributed by atoms with Gasteiger partial charge in [-0.2, -0.15) is 0 Å². The summed E-state index contributed by atoms with van der Waals surface area (Å²) in [4.78, 5) is 22.3. The molecule has 0 fully saturated rings. The van der Waals surface area contributed by atoms with Gasteiger partial charge in [0.25, 0.3) is 5.91 Å². The van der Waals surface area contributed by atoms with E-state index in [9.17, 15) is 14.0 Å². The Labute approximate surface area is 123 Å². The van der Waals surface area contributed by atoms with Gasteiger partial charge in [0.1, 0.15) is 11.6 Å². The lowest BCUT2D eigenvalue weighted by atomic mass is 10.1. The predicted molar refractivity (Wildman–Crippen MR) is 75.5 cm³/mol. The lowest BCUT2D eigenvalue weighted by Gasteiger charge is -2.16. The number of amides is 1. The molecule has 2 unspecified atom stereocenters. The molecule has 6 heteroatoms. The van der Waals surface area contributed by atoms with Crippen molar-refractivity contribution in [2.45, 2.75) is 32.8 Å². The van der Waals surface area contributed by atoms with E-state index in [1.165, 1.54) is 18.2 Å². The Morgan fingerprint density at radius 2 is 2.10 bits per heavy atom. The lowest BCUT2D eigenvalue weighted by molar-refractivity contribution is -0.137. The molecule has 0 aliphatic carbocycles. The van der Waals surface area contributed by atoms with Crippen LogP contribution in [0.25, 0.3) is 0 Å². The highest BCUT2D eigenvalue weighted by molar-refractivity contribution is 5.80. The topological polar surface area (TPSA) is 75.6 Å². The molecular weight excluding hydrogens is 277 g/mol. The van der Waals surface area contributed by atoms with Crippen molar-refractivity contribution in [3.05, 3.63) is 30.1 Å². The standard InChI is InChI=1S/C15H20FNO4/c1-10(6-7-14(18)19)9-17-15(20)11(2)21-13-5-3-4-12(16)8-13/h3-5,8,10-11H,6-7,9H2,1-2H3,(H,17,20)(H,18,19). The molecule has 1 aromatic rings. The summed E-state index contributed by atoms with van der Waals surface area (Å²) in [6.45, 7) is 3.81. The highest BCUT2D eigenvalue weighted by Crippen LogP contribution is 2.14. The molecule has 0 saturated heterocycles. The molecule has 5 nitrogen and oxygen atoms in total. The molecule has 0 radical (unpaired) electrons. The van der Waals surface area contributed by atoms with Crippen molar-refractivity contribution in [1.82, 2.24) is 5.32 Å². The second kappa shape index (κ2) is 8.24. The van der Waals surface area contributed by atoms with Gasteiger partial charge >= 0.3 is 5.97 Å². The summed E-state index contributed by atoms with van der Waals surface area (Å²) in [6, 6.07) is 5.58. The van der Waals surface area contributed by atoms with E-state index in [-0.39, 0.29) is 24.0 Å². The van der Waals surface area contributed by atoms with Gasteiger partial charge in [0, 0.05) is 19.0 Å². The molecule has 0 bridgehead atoms. The van der Waals surface area contributed by atoms with Gasteiger partial charge in [-0.05, 0) is 31.4 Å². The first kappa shape index (κ1) is 16.9. The number of ether oxygens (including phenoxy) is 1. The molecule has 2 N–H and O–H groups in total. The first-order chi connectivity index (χ1) is 9.88. The van der Waals surface area contributed by atoms with E-state index in [1.54, 1.807) is 13.0 Å². The predicted octanol–water partition coefficient (Wildman–Crippen LogP) is 2.21. The van der Waals surface area contributed by atoms with E-state index in [0.29, 0.717) is 13.0 Å². The average molecular weight is 297 g/mol. The third-order valence-electron chi connectivity index (χ3n) is 2.95. The molecule has 1 rings (SSSR count). The van der Waals surface area contributed by atoms with E-state index >= 15 is 0 Å². The van der Waals surface area contributed by atoms with Gasteiger partial charge in [-0.15, -0.1) is 0 Å². The first-order valence-electron chi connectivity index (χ1n) is 6.80. The summed E-state index contributed by atoms with van der Waals surface area (Å²) in [5.41, 5.74) is 0. The number of hydrogen-bond donors (Lipinski definition) is 2. The Hall–Kier alpha value is -2.11. The maximum atomic E-state index is 13.0. The molecule has 1 amide bonds. The molecule has 0 aliphatic rings. The minimum absolute atomic E-state index is 0.0615. The third kappa shape index (κ3) is 6.74. The zero-order valence-electron chi connectivity index (χ0n) is 12.1. The first-order valence-corrected chi connectivity index (χ1v) is 6.80. The summed E-state index contributed by atoms with van der Waals surface area (Å²) in [5.74, 6) is -1.25. The number of carbonyl (C=O) groups excluding carboxylic acids is 1. The van der Waals surface area contributed by atoms with Crippen LogP contribution in [0.15, 0.2) is 24.3 Å². The minimum atomic E-state index is -0.851. The maximum Gasteiger partial charge on any atom is 0.303 e. The van der Waals surface area contributed by atoms with Crippen molar-refractivity contribution in [3.63, 3.8) is 0 Å². The zero-order valence-corrected chi connectivity index (χ0v) is 12.1. The molecule has 0 spiro atoms. The number of benzene rings is 1. The fourth-order valence-electron chi connectivity index (χ4n) is 1.69. The highest BCUT2D eigenvalue weighted by atomic mass is 19.1. The van der Waals surface area contributed by atoms with Gasteiger partial charge in [0.2, 0.25) is 0 Å². The largest absolute Gasteiger partial charge is 0.481 e. The number of carbonyl (C=O) groups is 2. The van der Waals surface area contributed by atoms with Crippen LogP contribution in [0.3, 0.4) is 0 Å². The minimum Gasteiger partial charge on any atom is -0.481 e. The normalized spacial score (nSPS) is 13.3. The molecule has 0 heterocycles. The van der Waals surface area contributed by atoms with Crippen LogP contribution < -0.4 is 10.1 Å². The summed E-state index contributed by atoms with van der Waals surface area (Å²) in [7, 11) is 0. The number of rotatable bonds is 8. The van der Waals surface area contributed by atoms with Crippen molar-refractivity contribution in [2.24, 2.45) is 5.92 Å². The molecular formula is C15H20FNO4. The van der Waals surface area contributed by atoms with Gasteiger partial charge < -0.3 is 15.2 Å². The van der Waals surface area contributed by atoms with E-state index < -0.39 is 17.9 Å². The van der Waals surface area contributed by atoms with Crippen LogP contribution in [-0.4, -0.2) is 29.6 Å². The second-order valence-electron chi connectivity index (χ2n) is 5.00.